The van der Waals surface area contributed by atoms with E-state index in [-0.39, 0.29) is 11.5 Å². The zero-order valence-corrected chi connectivity index (χ0v) is 21.8. The van der Waals surface area contributed by atoms with Crippen LogP contribution in [-0.2, 0) is 17.4 Å². The second-order valence-corrected chi connectivity index (χ2v) is 9.97. The molecule has 0 saturated carbocycles. The standard InChI is InChI=1S/C28H29F3N6O2/c1-16(19-5-4-6-20(24(19)29)27(30)31)34-22-7-10-32-26-21(22)13-23(35-25(26)18-14-33-36(3)15-18)28(39)8-11-37(12-9-28)17(2)38/h4-7,10,13-16,27,39H,8-9,11-12H2,1-3H3,(H,32,34)/t16-/m1/s1. The zero-order valence-electron chi connectivity index (χ0n) is 21.8. The van der Waals surface area contributed by atoms with Gasteiger partial charge in [0.2, 0.25) is 5.91 Å². The molecule has 2 N–H and O–H groups in total. The van der Waals surface area contributed by atoms with Crippen molar-refractivity contribution in [2.24, 2.45) is 7.05 Å². The van der Waals surface area contributed by atoms with Crippen molar-refractivity contribution in [3.05, 3.63) is 71.6 Å². The van der Waals surface area contributed by atoms with Crippen molar-refractivity contribution in [2.75, 3.05) is 18.4 Å². The predicted molar refractivity (Wildman–Crippen MR) is 141 cm³/mol. The molecule has 39 heavy (non-hydrogen) atoms. The molecule has 1 saturated heterocycles. The van der Waals surface area contributed by atoms with Crippen LogP contribution >= 0.6 is 0 Å². The lowest BCUT2D eigenvalue weighted by molar-refractivity contribution is -0.133. The number of halogens is 3. The van der Waals surface area contributed by atoms with E-state index in [4.69, 9.17) is 4.98 Å². The van der Waals surface area contributed by atoms with E-state index in [1.54, 1.807) is 54.3 Å². The monoisotopic (exact) mass is 538 g/mol. The molecule has 4 heterocycles. The van der Waals surface area contributed by atoms with Crippen molar-refractivity contribution < 1.29 is 23.1 Å². The van der Waals surface area contributed by atoms with Gasteiger partial charge in [-0.2, -0.15) is 5.10 Å². The van der Waals surface area contributed by atoms with Crippen LogP contribution < -0.4 is 5.32 Å². The van der Waals surface area contributed by atoms with E-state index in [2.05, 4.69) is 15.4 Å². The quantitative estimate of drug-likeness (QED) is 0.354. The number of alkyl halides is 2. The van der Waals surface area contributed by atoms with Gasteiger partial charge in [-0.3, -0.25) is 14.5 Å². The fourth-order valence-electron chi connectivity index (χ4n) is 5.09. The minimum absolute atomic E-state index is 0.0487. The number of likely N-dealkylation sites (tertiary alicyclic amines) is 1. The molecular weight excluding hydrogens is 509 g/mol. The Kier molecular flexibility index (Phi) is 7.02. The van der Waals surface area contributed by atoms with Crippen LogP contribution in [0.2, 0.25) is 0 Å². The number of carbonyl (C=O) groups is 1. The van der Waals surface area contributed by atoms with E-state index in [1.165, 1.54) is 19.1 Å². The molecule has 204 valence electrons. The summed E-state index contributed by atoms with van der Waals surface area (Å²) in [4.78, 5) is 22.9. The molecule has 1 aliphatic rings. The summed E-state index contributed by atoms with van der Waals surface area (Å²) >= 11 is 0. The molecule has 0 radical (unpaired) electrons. The van der Waals surface area contributed by atoms with Crippen molar-refractivity contribution in [1.82, 2.24) is 24.6 Å². The number of carbonyl (C=O) groups excluding carboxylic acids is 1. The van der Waals surface area contributed by atoms with Crippen LogP contribution in [-0.4, -0.2) is 48.8 Å². The third-order valence-corrected chi connectivity index (χ3v) is 7.35. The van der Waals surface area contributed by atoms with E-state index >= 15 is 0 Å². The summed E-state index contributed by atoms with van der Waals surface area (Å²) in [6, 6.07) is 6.78. The Morgan fingerprint density at radius 2 is 1.90 bits per heavy atom. The molecule has 0 bridgehead atoms. The van der Waals surface area contributed by atoms with Gasteiger partial charge in [-0.25, -0.2) is 18.2 Å². The molecule has 1 amide bonds. The van der Waals surface area contributed by atoms with Crippen LogP contribution in [0.3, 0.4) is 0 Å². The zero-order chi connectivity index (χ0) is 27.9. The molecule has 1 aliphatic heterocycles. The average molecular weight is 539 g/mol. The minimum atomic E-state index is -2.93. The van der Waals surface area contributed by atoms with Crippen LogP contribution in [0.4, 0.5) is 18.9 Å². The molecule has 3 aromatic heterocycles. The molecule has 0 aliphatic carbocycles. The highest BCUT2D eigenvalue weighted by atomic mass is 19.3. The van der Waals surface area contributed by atoms with E-state index in [1.807, 2.05) is 0 Å². The van der Waals surface area contributed by atoms with Crippen LogP contribution in [0, 0.1) is 5.82 Å². The average Bonchev–Trinajstić information content (AvgIpc) is 3.34. The summed E-state index contributed by atoms with van der Waals surface area (Å²) in [5, 5.41) is 19.8. The highest BCUT2D eigenvalue weighted by Gasteiger charge is 2.37. The number of anilines is 1. The number of hydrogen-bond acceptors (Lipinski definition) is 6. The predicted octanol–water partition coefficient (Wildman–Crippen LogP) is 5.11. The first-order chi connectivity index (χ1) is 18.6. The van der Waals surface area contributed by atoms with E-state index in [9.17, 15) is 23.1 Å². The number of benzene rings is 1. The van der Waals surface area contributed by atoms with Crippen LogP contribution in [0.15, 0.2) is 48.9 Å². The number of rotatable bonds is 6. The number of fused-ring (bicyclic) bond motifs is 1. The van der Waals surface area contributed by atoms with Crippen LogP contribution in [0.25, 0.3) is 22.2 Å². The molecular formula is C28H29F3N6O2. The normalized spacial score (nSPS) is 16.1. The second-order valence-electron chi connectivity index (χ2n) is 9.97. The summed E-state index contributed by atoms with van der Waals surface area (Å²) < 4.78 is 43.2. The van der Waals surface area contributed by atoms with Gasteiger partial charge in [-0.1, -0.05) is 18.2 Å². The van der Waals surface area contributed by atoms with Crippen molar-refractivity contribution in [3.8, 4) is 11.3 Å². The molecule has 4 aromatic rings. The Morgan fingerprint density at radius 3 is 2.54 bits per heavy atom. The van der Waals surface area contributed by atoms with Crippen molar-refractivity contribution in [3.63, 3.8) is 0 Å². The Balaban J connectivity index is 1.61. The summed E-state index contributed by atoms with van der Waals surface area (Å²) in [5.41, 5.74) is 0.922. The first-order valence-corrected chi connectivity index (χ1v) is 12.7. The van der Waals surface area contributed by atoms with Gasteiger partial charge < -0.3 is 15.3 Å². The number of amides is 1. The third kappa shape index (κ3) is 5.06. The summed E-state index contributed by atoms with van der Waals surface area (Å²) in [7, 11) is 1.78. The van der Waals surface area contributed by atoms with Gasteiger partial charge in [-0.15, -0.1) is 0 Å². The second kappa shape index (κ2) is 10.3. The maximum atomic E-state index is 14.9. The highest BCUT2D eigenvalue weighted by Crippen LogP contribution is 2.38. The topological polar surface area (TPSA) is 96.2 Å². The first kappa shape index (κ1) is 26.6. The van der Waals surface area contributed by atoms with Crippen LogP contribution in [0.5, 0.6) is 0 Å². The Labute approximate surface area is 223 Å². The van der Waals surface area contributed by atoms with Crippen molar-refractivity contribution in [1.29, 1.82) is 0 Å². The van der Waals surface area contributed by atoms with E-state index in [0.717, 1.165) is 6.07 Å². The molecule has 1 fully saturated rings. The molecule has 11 heteroatoms. The van der Waals surface area contributed by atoms with E-state index in [0.29, 0.717) is 59.5 Å². The number of nitrogens with zero attached hydrogens (tertiary/aromatic N) is 5. The number of nitrogens with one attached hydrogen (secondary N) is 1. The Hall–Kier alpha value is -3.99. The SMILES string of the molecule is CC(=O)N1CCC(O)(c2cc3c(N[C@H](C)c4cccc(C(F)F)c4F)ccnc3c(-c3cnn(C)c3)n2)CC1. The van der Waals surface area contributed by atoms with Gasteiger partial charge in [-0.05, 0) is 31.9 Å². The van der Waals surface area contributed by atoms with Crippen LogP contribution in [0.1, 0.15) is 56.0 Å². The van der Waals surface area contributed by atoms with Gasteiger partial charge in [0, 0.05) is 61.7 Å². The number of aliphatic hydroxyl groups is 1. The van der Waals surface area contributed by atoms with Gasteiger partial charge >= 0.3 is 0 Å². The molecule has 8 nitrogen and oxygen atoms in total. The molecule has 5 rings (SSSR count). The minimum Gasteiger partial charge on any atom is -0.383 e. The molecule has 0 unspecified atom stereocenters. The summed E-state index contributed by atoms with van der Waals surface area (Å²) in [6.45, 7) is 3.98. The molecule has 0 spiro atoms. The van der Waals surface area contributed by atoms with E-state index < -0.39 is 29.4 Å². The third-order valence-electron chi connectivity index (χ3n) is 7.35. The van der Waals surface area contributed by atoms with Gasteiger partial charge in [0.05, 0.1) is 29.0 Å². The summed E-state index contributed by atoms with van der Waals surface area (Å²) in [6.07, 6.45) is 2.73. The van der Waals surface area contributed by atoms with Gasteiger partial charge in [0.25, 0.3) is 6.43 Å². The maximum absolute atomic E-state index is 14.9. The lowest BCUT2D eigenvalue weighted by Crippen LogP contribution is -2.44. The number of aryl methyl sites for hydroxylation is 1. The smallest absolute Gasteiger partial charge is 0.266 e. The van der Waals surface area contributed by atoms with Crippen molar-refractivity contribution >= 4 is 22.5 Å². The number of piperidine rings is 1. The maximum Gasteiger partial charge on any atom is 0.266 e. The van der Waals surface area contributed by atoms with Gasteiger partial charge in [0.1, 0.15) is 17.1 Å². The lowest BCUT2D eigenvalue weighted by Gasteiger charge is -2.37. The number of hydrogen-bond donors (Lipinski definition) is 2. The van der Waals surface area contributed by atoms with Crippen molar-refractivity contribution in [2.45, 2.75) is 44.8 Å². The highest BCUT2D eigenvalue weighted by molar-refractivity contribution is 5.99. The first-order valence-electron chi connectivity index (χ1n) is 12.7. The largest absolute Gasteiger partial charge is 0.383 e. The Bertz CT molecular complexity index is 1530. The lowest BCUT2D eigenvalue weighted by atomic mass is 9.86. The Morgan fingerprint density at radius 1 is 1.18 bits per heavy atom. The molecule has 1 aromatic carbocycles. The number of aromatic nitrogens is 4. The summed E-state index contributed by atoms with van der Waals surface area (Å²) in [5.74, 6) is -0.997. The fraction of sp³-hybridized carbons (Fsp3) is 0.357. The fourth-order valence-corrected chi connectivity index (χ4v) is 5.09. The number of pyridine rings is 2. The molecule has 1 atom stereocenters. The van der Waals surface area contributed by atoms with Gasteiger partial charge in [0.15, 0.2) is 0 Å².